The molecule has 178 valence electrons. The van der Waals surface area contributed by atoms with E-state index in [9.17, 15) is 14.4 Å². The molecule has 0 aliphatic carbocycles. The minimum Gasteiger partial charge on any atom is -0.497 e. The summed E-state index contributed by atoms with van der Waals surface area (Å²) < 4.78 is 15.6. The molecule has 0 atom stereocenters. The van der Waals surface area contributed by atoms with Gasteiger partial charge in [0.15, 0.2) is 0 Å². The number of carbonyl (C=O) groups excluding carboxylic acids is 3. The summed E-state index contributed by atoms with van der Waals surface area (Å²) in [5.41, 5.74) is 1.85. The van der Waals surface area contributed by atoms with E-state index < -0.39 is 11.9 Å². The summed E-state index contributed by atoms with van der Waals surface area (Å²) in [4.78, 5) is 38.5. The lowest BCUT2D eigenvalue weighted by molar-refractivity contribution is -0.115. The maximum absolute atomic E-state index is 13.1. The third-order valence-electron chi connectivity index (χ3n) is 4.95. The van der Waals surface area contributed by atoms with Crippen LogP contribution in [0.1, 0.15) is 38.1 Å². The van der Waals surface area contributed by atoms with Gasteiger partial charge in [-0.05, 0) is 49.2 Å². The number of hydrogen-bond acceptors (Lipinski definition) is 7. The fraction of sp³-hybridized carbons (Fsp3) is 0.240. The van der Waals surface area contributed by atoms with Crippen LogP contribution in [0.4, 0.5) is 10.7 Å². The summed E-state index contributed by atoms with van der Waals surface area (Å²) in [5.74, 6) is -0.163. The second-order valence-electron chi connectivity index (χ2n) is 7.21. The van der Waals surface area contributed by atoms with E-state index in [-0.39, 0.29) is 27.8 Å². The largest absolute Gasteiger partial charge is 0.497 e. The summed E-state index contributed by atoms with van der Waals surface area (Å²) in [6, 6.07) is 14.2. The molecule has 2 aromatic carbocycles. The van der Waals surface area contributed by atoms with Crippen LogP contribution >= 0.6 is 11.3 Å². The van der Waals surface area contributed by atoms with Crippen molar-refractivity contribution in [3.05, 3.63) is 70.1 Å². The molecule has 1 aromatic heterocycles. The van der Waals surface area contributed by atoms with Crippen LogP contribution < -0.4 is 20.1 Å². The van der Waals surface area contributed by atoms with Crippen LogP contribution in [0.5, 0.6) is 11.5 Å². The van der Waals surface area contributed by atoms with E-state index in [1.54, 1.807) is 56.5 Å². The van der Waals surface area contributed by atoms with Crippen LogP contribution in [-0.4, -0.2) is 38.6 Å². The molecule has 3 rings (SSSR count). The summed E-state index contributed by atoms with van der Waals surface area (Å²) in [6.07, 6.45) is 0.0881. The zero-order valence-corrected chi connectivity index (χ0v) is 20.2. The number of methoxy groups -OCH3 is 2. The number of nitrogens with one attached hydrogen (secondary N) is 2. The number of para-hydroxylation sites is 2. The SMILES string of the molecule is CCOc1ccccc1NC(=O)c1sc(NC(=O)Cc2ccc(OC)cc2)c(C(=O)OC)c1C. The van der Waals surface area contributed by atoms with Gasteiger partial charge >= 0.3 is 5.97 Å². The van der Waals surface area contributed by atoms with E-state index in [1.807, 2.05) is 13.0 Å². The molecular weight excluding hydrogens is 456 g/mol. The number of benzene rings is 2. The maximum Gasteiger partial charge on any atom is 0.341 e. The Labute approximate surface area is 201 Å². The Morgan fingerprint density at radius 3 is 2.32 bits per heavy atom. The smallest absolute Gasteiger partial charge is 0.341 e. The monoisotopic (exact) mass is 482 g/mol. The Morgan fingerprint density at radius 1 is 0.971 bits per heavy atom. The van der Waals surface area contributed by atoms with Gasteiger partial charge in [0.25, 0.3) is 5.91 Å². The standard InChI is InChI=1S/C25H26N2O6S/c1-5-33-19-9-7-6-8-18(19)26-23(29)22-15(2)21(25(30)32-4)24(34-22)27-20(28)14-16-10-12-17(31-3)13-11-16/h6-13H,5,14H2,1-4H3,(H,26,29)(H,27,28). The topological polar surface area (TPSA) is 103 Å². The molecule has 0 aliphatic heterocycles. The lowest BCUT2D eigenvalue weighted by Crippen LogP contribution is -2.16. The van der Waals surface area contributed by atoms with E-state index in [1.165, 1.54) is 7.11 Å². The van der Waals surface area contributed by atoms with Crippen molar-refractivity contribution < 1.29 is 28.6 Å². The van der Waals surface area contributed by atoms with Gasteiger partial charge < -0.3 is 24.8 Å². The first-order chi connectivity index (χ1) is 16.4. The number of thiophene rings is 1. The number of rotatable bonds is 9. The molecule has 0 saturated carbocycles. The molecule has 8 nitrogen and oxygen atoms in total. The van der Waals surface area contributed by atoms with Crippen LogP contribution in [0.3, 0.4) is 0 Å². The minimum atomic E-state index is -0.637. The summed E-state index contributed by atoms with van der Waals surface area (Å²) in [6.45, 7) is 3.94. The molecule has 0 unspecified atom stereocenters. The van der Waals surface area contributed by atoms with Gasteiger partial charge in [0.1, 0.15) is 16.5 Å². The van der Waals surface area contributed by atoms with Crippen molar-refractivity contribution in [1.29, 1.82) is 0 Å². The number of ether oxygens (including phenoxy) is 3. The van der Waals surface area contributed by atoms with E-state index in [0.29, 0.717) is 29.4 Å². The van der Waals surface area contributed by atoms with Gasteiger partial charge in [-0.2, -0.15) is 0 Å². The van der Waals surface area contributed by atoms with Crippen molar-refractivity contribution in [2.24, 2.45) is 0 Å². The number of esters is 1. The Bertz CT molecular complexity index is 1190. The van der Waals surface area contributed by atoms with Crippen LogP contribution in [0.15, 0.2) is 48.5 Å². The van der Waals surface area contributed by atoms with E-state index in [4.69, 9.17) is 14.2 Å². The van der Waals surface area contributed by atoms with Crippen molar-refractivity contribution in [3.63, 3.8) is 0 Å². The van der Waals surface area contributed by atoms with Crippen LogP contribution in [0.2, 0.25) is 0 Å². The molecule has 3 aromatic rings. The second-order valence-corrected chi connectivity index (χ2v) is 8.23. The van der Waals surface area contributed by atoms with Gasteiger partial charge in [0, 0.05) is 0 Å². The zero-order chi connectivity index (χ0) is 24.7. The van der Waals surface area contributed by atoms with Crippen molar-refractivity contribution in [2.75, 3.05) is 31.5 Å². The van der Waals surface area contributed by atoms with Crippen LogP contribution in [0, 0.1) is 6.92 Å². The Hall–Kier alpha value is -3.85. The predicted octanol–water partition coefficient (Wildman–Crippen LogP) is 4.68. The van der Waals surface area contributed by atoms with E-state index in [0.717, 1.165) is 16.9 Å². The van der Waals surface area contributed by atoms with Crippen LogP contribution in [0.25, 0.3) is 0 Å². The molecule has 34 heavy (non-hydrogen) atoms. The Morgan fingerprint density at radius 2 is 1.68 bits per heavy atom. The third-order valence-corrected chi connectivity index (χ3v) is 6.16. The summed E-state index contributed by atoms with van der Waals surface area (Å²) in [7, 11) is 2.82. The lowest BCUT2D eigenvalue weighted by atomic mass is 10.1. The van der Waals surface area contributed by atoms with Gasteiger partial charge in [-0.25, -0.2) is 4.79 Å². The van der Waals surface area contributed by atoms with Gasteiger partial charge in [-0.15, -0.1) is 11.3 Å². The average Bonchev–Trinajstić information content (AvgIpc) is 3.16. The van der Waals surface area contributed by atoms with Crippen molar-refractivity contribution >= 4 is 39.8 Å². The molecule has 9 heteroatoms. The fourth-order valence-corrected chi connectivity index (χ4v) is 4.40. The predicted molar refractivity (Wildman–Crippen MR) is 131 cm³/mol. The van der Waals surface area contributed by atoms with E-state index >= 15 is 0 Å². The first-order valence-electron chi connectivity index (χ1n) is 10.6. The zero-order valence-electron chi connectivity index (χ0n) is 19.4. The minimum absolute atomic E-state index is 0.0881. The molecule has 0 spiro atoms. The number of anilines is 2. The summed E-state index contributed by atoms with van der Waals surface area (Å²) in [5, 5.41) is 5.84. The molecule has 2 N–H and O–H groups in total. The number of hydrogen-bond donors (Lipinski definition) is 2. The molecular formula is C25H26N2O6S. The third kappa shape index (κ3) is 5.74. The van der Waals surface area contributed by atoms with Crippen molar-refractivity contribution in [3.8, 4) is 11.5 Å². The first-order valence-corrected chi connectivity index (χ1v) is 11.4. The van der Waals surface area contributed by atoms with Gasteiger partial charge in [-0.1, -0.05) is 24.3 Å². The maximum atomic E-state index is 13.1. The van der Waals surface area contributed by atoms with Crippen molar-refractivity contribution in [2.45, 2.75) is 20.3 Å². The molecule has 0 aliphatic rings. The van der Waals surface area contributed by atoms with Gasteiger partial charge in [0.2, 0.25) is 5.91 Å². The highest BCUT2D eigenvalue weighted by atomic mass is 32.1. The Balaban J connectivity index is 1.84. The summed E-state index contributed by atoms with van der Waals surface area (Å²) >= 11 is 1.02. The number of amides is 2. The highest BCUT2D eigenvalue weighted by molar-refractivity contribution is 7.19. The van der Waals surface area contributed by atoms with E-state index in [2.05, 4.69) is 10.6 Å². The second kappa shape index (κ2) is 11.3. The van der Waals surface area contributed by atoms with Gasteiger partial charge in [-0.3, -0.25) is 9.59 Å². The van der Waals surface area contributed by atoms with Crippen LogP contribution in [-0.2, 0) is 16.0 Å². The number of carbonyl (C=O) groups is 3. The highest BCUT2D eigenvalue weighted by Crippen LogP contribution is 2.35. The fourth-order valence-electron chi connectivity index (χ4n) is 3.30. The highest BCUT2D eigenvalue weighted by Gasteiger charge is 2.26. The molecule has 1 heterocycles. The Kier molecular flexibility index (Phi) is 8.26. The molecule has 2 amide bonds. The lowest BCUT2D eigenvalue weighted by Gasteiger charge is -2.11. The molecule has 0 radical (unpaired) electrons. The van der Waals surface area contributed by atoms with Gasteiger partial charge in [0.05, 0.1) is 43.4 Å². The normalized spacial score (nSPS) is 10.4. The quantitative estimate of drug-likeness (QED) is 0.429. The van der Waals surface area contributed by atoms with Crippen molar-refractivity contribution in [1.82, 2.24) is 0 Å². The molecule has 0 saturated heterocycles. The molecule has 0 bridgehead atoms. The average molecular weight is 483 g/mol. The molecule has 0 fully saturated rings. The first kappa shape index (κ1) is 24.8.